The maximum atomic E-state index is 11.9. The number of hydrazone groups is 1. The fraction of sp³-hybridized carbons (Fsp3) is 0.400. The van der Waals surface area contributed by atoms with Crippen LogP contribution < -0.4 is 5.43 Å². The molecule has 172 valence electrons. The van der Waals surface area contributed by atoms with Gasteiger partial charge in [-0.25, -0.2) is 9.79 Å². The van der Waals surface area contributed by atoms with Crippen molar-refractivity contribution in [1.29, 1.82) is 0 Å². The van der Waals surface area contributed by atoms with E-state index in [9.17, 15) is 4.79 Å². The smallest absolute Gasteiger partial charge is 0.432 e. The molecule has 2 aromatic carbocycles. The Morgan fingerprint density at radius 2 is 1.81 bits per heavy atom. The summed E-state index contributed by atoms with van der Waals surface area (Å²) in [6.45, 7) is 11.5. The molecule has 32 heavy (non-hydrogen) atoms. The van der Waals surface area contributed by atoms with E-state index in [1.165, 1.54) is 17.3 Å². The van der Waals surface area contributed by atoms with Gasteiger partial charge in [-0.3, -0.25) is 5.43 Å². The molecule has 2 rings (SSSR count). The predicted octanol–water partition coefficient (Wildman–Crippen LogP) is 6.76. The molecule has 2 aromatic rings. The molecule has 0 aliphatic carbocycles. The number of hydrogen-bond donors (Lipinski definition) is 1. The molecule has 1 N–H and O–H groups in total. The number of benzene rings is 2. The molecule has 0 aliphatic rings. The van der Waals surface area contributed by atoms with Gasteiger partial charge in [-0.2, -0.15) is 5.10 Å². The van der Waals surface area contributed by atoms with Crippen molar-refractivity contribution in [3.05, 3.63) is 65.2 Å². The van der Waals surface area contributed by atoms with Gasteiger partial charge >= 0.3 is 6.16 Å². The standard InChI is InChI=1S/C25H33N3O3S/c1-7-15-26-28-24(32-20(6)31-25(29)30-17(2)3)27-23-16-18(4)13-14-22(23)19(5)21-11-9-8-10-12-21/h8-17,19-20H,7H2,1-6H3,(H,27,28)/b26-15+. The van der Waals surface area contributed by atoms with Gasteiger partial charge in [0.1, 0.15) is 0 Å². The minimum absolute atomic E-state index is 0.163. The van der Waals surface area contributed by atoms with Crippen molar-refractivity contribution in [1.82, 2.24) is 5.43 Å². The molecule has 7 heteroatoms. The van der Waals surface area contributed by atoms with Crippen LogP contribution in [0, 0.1) is 6.92 Å². The predicted molar refractivity (Wildman–Crippen MR) is 134 cm³/mol. The zero-order valence-electron chi connectivity index (χ0n) is 19.7. The Hall–Kier alpha value is -2.80. The molecule has 0 saturated heterocycles. The molecule has 0 fully saturated rings. The number of amidine groups is 1. The second-order valence-electron chi connectivity index (χ2n) is 7.66. The average molecular weight is 456 g/mol. The SMILES string of the molecule is CC/C=N/NC(=Nc1cc(C)ccc1C(C)c1ccccc1)SC(C)OC(=O)OC(C)C. The number of aryl methyl sites for hydroxylation is 1. The van der Waals surface area contributed by atoms with Crippen LogP contribution in [0.5, 0.6) is 0 Å². The van der Waals surface area contributed by atoms with E-state index < -0.39 is 11.6 Å². The van der Waals surface area contributed by atoms with Crippen molar-refractivity contribution in [2.24, 2.45) is 10.1 Å². The Kier molecular flexibility index (Phi) is 10.3. The van der Waals surface area contributed by atoms with E-state index in [0.717, 1.165) is 23.2 Å². The zero-order chi connectivity index (χ0) is 23.5. The molecule has 2 unspecified atom stereocenters. The van der Waals surface area contributed by atoms with Gasteiger partial charge in [-0.05, 0) is 68.6 Å². The summed E-state index contributed by atoms with van der Waals surface area (Å²) in [7, 11) is 0. The number of nitrogens with one attached hydrogen (secondary N) is 1. The van der Waals surface area contributed by atoms with Gasteiger partial charge in [-0.1, -0.05) is 56.3 Å². The van der Waals surface area contributed by atoms with Crippen molar-refractivity contribution in [3.63, 3.8) is 0 Å². The largest absolute Gasteiger partial charge is 0.509 e. The fourth-order valence-electron chi connectivity index (χ4n) is 2.95. The summed E-state index contributed by atoms with van der Waals surface area (Å²) in [6, 6.07) is 16.6. The topological polar surface area (TPSA) is 72.3 Å². The first kappa shape index (κ1) is 25.5. The summed E-state index contributed by atoms with van der Waals surface area (Å²) < 4.78 is 10.4. The number of hydrogen-bond acceptors (Lipinski definition) is 6. The number of nitrogens with zero attached hydrogens (tertiary/aromatic N) is 2. The first-order chi connectivity index (χ1) is 15.3. The number of ether oxygens (including phenoxy) is 2. The number of carbonyl (C=O) groups is 1. The van der Waals surface area contributed by atoms with E-state index in [-0.39, 0.29) is 12.0 Å². The lowest BCUT2D eigenvalue weighted by Gasteiger charge is -2.18. The van der Waals surface area contributed by atoms with Crippen LogP contribution in [0.4, 0.5) is 10.5 Å². The maximum absolute atomic E-state index is 11.9. The molecule has 0 heterocycles. The first-order valence-corrected chi connectivity index (χ1v) is 11.7. The number of aliphatic imine (C=N–C) groups is 1. The summed E-state index contributed by atoms with van der Waals surface area (Å²) in [6.07, 6.45) is 1.61. The molecular weight excluding hydrogens is 422 g/mol. The van der Waals surface area contributed by atoms with Crippen LogP contribution in [-0.4, -0.2) is 29.1 Å². The zero-order valence-corrected chi connectivity index (χ0v) is 20.5. The van der Waals surface area contributed by atoms with Gasteiger partial charge in [0.15, 0.2) is 10.6 Å². The minimum atomic E-state index is -0.703. The molecule has 2 atom stereocenters. The highest BCUT2D eigenvalue weighted by Crippen LogP contribution is 2.33. The van der Waals surface area contributed by atoms with Crippen molar-refractivity contribution in [2.75, 3.05) is 0 Å². The second-order valence-corrected chi connectivity index (χ2v) is 8.95. The average Bonchev–Trinajstić information content (AvgIpc) is 2.73. The molecule has 0 bridgehead atoms. The van der Waals surface area contributed by atoms with Crippen molar-refractivity contribution < 1.29 is 14.3 Å². The van der Waals surface area contributed by atoms with E-state index in [1.807, 2.05) is 32.0 Å². The highest BCUT2D eigenvalue weighted by atomic mass is 32.2. The third-order valence-corrected chi connectivity index (χ3v) is 5.31. The lowest BCUT2D eigenvalue weighted by molar-refractivity contribution is 0.0314. The molecule has 0 spiro atoms. The fourth-order valence-corrected chi connectivity index (χ4v) is 3.65. The van der Waals surface area contributed by atoms with Gasteiger partial charge < -0.3 is 9.47 Å². The monoisotopic (exact) mass is 455 g/mol. The number of carbonyl (C=O) groups excluding carboxylic acids is 1. The van der Waals surface area contributed by atoms with Crippen LogP contribution >= 0.6 is 11.8 Å². The maximum Gasteiger partial charge on any atom is 0.509 e. The second kappa shape index (κ2) is 12.9. The lowest BCUT2D eigenvalue weighted by atomic mass is 9.91. The Labute approximate surface area is 195 Å². The highest BCUT2D eigenvalue weighted by Gasteiger charge is 2.18. The third-order valence-electron chi connectivity index (χ3n) is 4.48. The number of thioether (sulfide) groups is 1. The summed E-state index contributed by atoms with van der Waals surface area (Å²) in [5.74, 6) is 0.163. The molecule has 0 radical (unpaired) electrons. The van der Waals surface area contributed by atoms with E-state index in [1.54, 1.807) is 27.0 Å². The van der Waals surface area contributed by atoms with Crippen LogP contribution in [0.3, 0.4) is 0 Å². The van der Waals surface area contributed by atoms with Crippen molar-refractivity contribution >= 4 is 35.0 Å². The highest BCUT2D eigenvalue weighted by molar-refractivity contribution is 8.14. The van der Waals surface area contributed by atoms with Gasteiger partial charge in [0.2, 0.25) is 0 Å². The molecule has 0 aliphatic heterocycles. The Bertz CT molecular complexity index is 929. The summed E-state index contributed by atoms with van der Waals surface area (Å²) in [4.78, 5) is 16.7. The van der Waals surface area contributed by atoms with Gasteiger partial charge in [0.25, 0.3) is 0 Å². The van der Waals surface area contributed by atoms with Gasteiger partial charge in [0, 0.05) is 12.1 Å². The normalized spacial score (nSPS) is 13.8. The van der Waals surface area contributed by atoms with Gasteiger partial charge in [-0.15, -0.1) is 0 Å². The Morgan fingerprint density at radius 3 is 2.47 bits per heavy atom. The van der Waals surface area contributed by atoms with Crippen LogP contribution in [0.15, 0.2) is 58.6 Å². The summed E-state index contributed by atoms with van der Waals surface area (Å²) in [5, 5.41) is 4.76. The summed E-state index contributed by atoms with van der Waals surface area (Å²) in [5.41, 5.74) is 6.76. The molecule has 0 saturated carbocycles. The molecular formula is C25H33N3O3S. The lowest BCUT2D eigenvalue weighted by Crippen LogP contribution is -2.22. The van der Waals surface area contributed by atoms with E-state index in [4.69, 9.17) is 14.5 Å². The van der Waals surface area contributed by atoms with Crippen molar-refractivity contribution in [3.8, 4) is 0 Å². The van der Waals surface area contributed by atoms with E-state index in [0.29, 0.717) is 5.17 Å². The molecule has 0 amide bonds. The minimum Gasteiger partial charge on any atom is -0.432 e. The van der Waals surface area contributed by atoms with E-state index in [2.05, 4.69) is 47.8 Å². The molecule has 0 aromatic heterocycles. The summed E-state index contributed by atoms with van der Waals surface area (Å²) >= 11 is 1.27. The Balaban J connectivity index is 2.33. The van der Waals surface area contributed by atoms with Crippen molar-refractivity contribution in [2.45, 2.75) is 65.4 Å². The first-order valence-electron chi connectivity index (χ1n) is 10.9. The quantitative estimate of drug-likeness (QED) is 0.156. The van der Waals surface area contributed by atoms with Crippen LogP contribution in [0.2, 0.25) is 0 Å². The van der Waals surface area contributed by atoms with Crippen LogP contribution in [0.1, 0.15) is 63.6 Å². The van der Waals surface area contributed by atoms with Crippen LogP contribution in [-0.2, 0) is 9.47 Å². The van der Waals surface area contributed by atoms with Crippen LogP contribution in [0.25, 0.3) is 0 Å². The molecule has 6 nitrogen and oxygen atoms in total. The number of rotatable bonds is 8. The Morgan fingerprint density at radius 1 is 1.09 bits per heavy atom. The third kappa shape index (κ3) is 8.38. The van der Waals surface area contributed by atoms with Gasteiger partial charge in [0.05, 0.1) is 11.8 Å². The van der Waals surface area contributed by atoms with E-state index >= 15 is 0 Å².